The maximum atomic E-state index is 12.7. The van der Waals surface area contributed by atoms with Crippen LogP contribution in [0.15, 0.2) is 36.1 Å². The normalized spacial score (nSPS) is 26.2. The molecule has 0 saturated carbocycles. The molecule has 0 aromatic rings. The highest BCUT2D eigenvalue weighted by Crippen LogP contribution is 2.33. The van der Waals surface area contributed by atoms with E-state index in [4.69, 9.17) is 18.9 Å². The zero-order valence-electron chi connectivity index (χ0n) is 14.3. The van der Waals surface area contributed by atoms with Crippen LogP contribution in [0.5, 0.6) is 0 Å². The average molecular weight is 324 g/mol. The van der Waals surface area contributed by atoms with Crippen LogP contribution in [0, 0.1) is 0 Å². The van der Waals surface area contributed by atoms with Gasteiger partial charge >= 0.3 is 5.97 Å². The molecule has 0 aromatic heterocycles. The molecule has 23 heavy (non-hydrogen) atoms. The van der Waals surface area contributed by atoms with Crippen LogP contribution in [0.25, 0.3) is 0 Å². The van der Waals surface area contributed by atoms with Crippen molar-refractivity contribution in [3.63, 3.8) is 0 Å². The molecule has 0 radical (unpaired) electrons. The third kappa shape index (κ3) is 4.37. The quantitative estimate of drug-likeness (QED) is 0.308. The molecule has 0 amide bonds. The number of ether oxygens (including phenoxy) is 4. The van der Waals surface area contributed by atoms with E-state index >= 15 is 0 Å². The summed E-state index contributed by atoms with van der Waals surface area (Å²) in [6.07, 6.45) is 3.47. The highest BCUT2D eigenvalue weighted by molar-refractivity contribution is 6.04. The van der Waals surface area contributed by atoms with E-state index in [1.165, 1.54) is 21.1 Å². The van der Waals surface area contributed by atoms with Crippen LogP contribution in [0.4, 0.5) is 0 Å². The average Bonchev–Trinajstić information content (AvgIpc) is 2.80. The first-order valence-corrected chi connectivity index (χ1v) is 7.21. The number of carbonyl (C=O) groups excluding carboxylic acids is 2. The van der Waals surface area contributed by atoms with Crippen molar-refractivity contribution in [3.05, 3.63) is 36.1 Å². The van der Waals surface area contributed by atoms with E-state index in [9.17, 15) is 9.59 Å². The summed E-state index contributed by atoms with van der Waals surface area (Å²) in [6, 6.07) is 0. The Balaban J connectivity index is 3.09. The van der Waals surface area contributed by atoms with Gasteiger partial charge in [-0.2, -0.15) is 0 Å². The van der Waals surface area contributed by atoms with Crippen LogP contribution in [0.2, 0.25) is 0 Å². The van der Waals surface area contributed by atoms with Gasteiger partial charge in [-0.05, 0) is 13.8 Å². The minimum atomic E-state index is -1.24. The maximum absolute atomic E-state index is 12.7. The Morgan fingerprint density at radius 3 is 2.48 bits per heavy atom. The molecule has 6 nitrogen and oxygen atoms in total. The summed E-state index contributed by atoms with van der Waals surface area (Å²) in [5, 5.41) is 0. The lowest BCUT2D eigenvalue weighted by atomic mass is 9.88. The summed E-state index contributed by atoms with van der Waals surface area (Å²) in [4.78, 5) is 23.5. The van der Waals surface area contributed by atoms with Crippen LogP contribution in [0.3, 0.4) is 0 Å². The summed E-state index contributed by atoms with van der Waals surface area (Å²) >= 11 is 0. The van der Waals surface area contributed by atoms with E-state index < -0.39 is 23.8 Å². The molecule has 0 spiro atoms. The number of methoxy groups -OCH3 is 2. The maximum Gasteiger partial charge on any atom is 0.307 e. The van der Waals surface area contributed by atoms with E-state index in [0.29, 0.717) is 0 Å². The Morgan fingerprint density at radius 1 is 1.35 bits per heavy atom. The van der Waals surface area contributed by atoms with Crippen LogP contribution < -0.4 is 0 Å². The molecule has 1 heterocycles. The summed E-state index contributed by atoms with van der Waals surface area (Å²) in [7, 11) is 3.02. The summed E-state index contributed by atoms with van der Waals surface area (Å²) in [5.74, 6) is -0.793. The monoisotopic (exact) mass is 324 g/mol. The fraction of sp³-hybridized carbons (Fsp3) is 0.529. The number of esters is 1. The van der Waals surface area contributed by atoms with Gasteiger partial charge in [-0.3, -0.25) is 9.59 Å². The van der Waals surface area contributed by atoms with Gasteiger partial charge in [0.05, 0.1) is 12.2 Å². The lowest BCUT2D eigenvalue weighted by Gasteiger charge is -2.34. The smallest absolute Gasteiger partial charge is 0.307 e. The first kappa shape index (κ1) is 19.3. The summed E-state index contributed by atoms with van der Waals surface area (Å²) in [5.41, 5.74) is -0.0630. The summed E-state index contributed by atoms with van der Waals surface area (Å²) < 4.78 is 21.4. The number of hydrogen-bond acceptors (Lipinski definition) is 6. The van der Waals surface area contributed by atoms with Crippen molar-refractivity contribution in [1.82, 2.24) is 0 Å². The molecular weight excluding hydrogens is 300 g/mol. The molecule has 0 aliphatic carbocycles. The van der Waals surface area contributed by atoms with Crippen LogP contribution in [0.1, 0.15) is 20.8 Å². The van der Waals surface area contributed by atoms with E-state index in [0.717, 1.165) is 11.8 Å². The molecule has 1 rings (SSSR count). The predicted octanol–water partition coefficient (Wildman–Crippen LogP) is 1.95. The zero-order valence-corrected chi connectivity index (χ0v) is 14.3. The molecule has 0 N–H and O–H groups in total. The molecule has 1 fully saturated rings. The van der Waals surface area contributed by atoms with Crippen LogP contribution in [-0.2, 0) is 28.5 Å². The topological polar surface area (TPSA) is 71.1 Å². The van der Waals surface area contributed by atoms with E-state index in [2.05, 4.69) is 6.58 Å². The standard InChI is InChI=1S/C17H24O6/c1-7-11(2)8-14(20-5)16(21-6)17(4)15(19)13(10-23-17)9-22-12(3)18/h7-9,14,16H,1,10H2,2-6H3/b11-8+,13-9+/t14-,16+,17+/m0/s1. The number of carbonyl (C=O) groups is 2. The largest absolute Gasteiger partial charge is 0.434 e. The fourth-order valence-electron chi connectivity index (χ4n) is 2.41. The highest BCUT2D eigenvalue weighted by atomic mass is 16.6. The Kier molecular flexibility index (Phi) is 6.87. The molecule has 1 aliphatic rings. The Labute approximate surface area is 136 Å². The Morgan fingerprint density at radius 2 is 2.00 bits per heavy atom. The second kappa shape index (κ2) is 8.19. The van der Waals surface area contributed by atoms with E-state index in [1.807, 2.05) is 13.0 Å². The third-order valence-corrected chi connectivity index (χ3v) is 3.75. The van der Waals surface area contributed by atoms with Crippen molar-refractivity contribution in [2.24, 2.45) is 0 Å². The van der Waals surface area contributed by atoms with Crippen molar-refractivity contribution < 1.29 is 28.5 Å². The first-order valence-electron chi connectivity index (χ1n) is 7.21. The summed E-state index contributed by atoms with van der Waals surface area (Å²) in [6.45, 7) is 8.51. The number of hydrogen-bond donors (Lipinski definition) is 0. The minimum absolute atomic E-state index is 0.0447. The Hall–Kier alpha value is -1.76. The molecular formula is C17H24O6. The number of rotatable bonds is 7. The van der Waals surface area contributed by atoms with E-state index in [1.54, 1.807) is 13.0 Å². The predicted molar refractivity (Wildman–Crippen MR) is 84.8 cm³/mol. The SMILES string of the molecule is C=C/C(C)=C/[C@H](OC)[C@@H](OC)[C@]1(C)OC/C(=C\OC(C)=O)C1=O. The Bertz CT molecular complexity index is 533. The minimum Gasteiger partial charge on any atom is -0.434 e. The van der Waals surface area contributed by atoms with Crippen molar-refractivity contribution in [1.29, 1.82) is 0 Å². The molecule has 3 atom stereocenters. The molecule has 6 heteroatoms. The number of ketones is 1. The van der Waals surface area contributed by atoms with Gasteiger partial charge in [0, 0.05) is 21.1 Å². The van der Waals surface area contributed by atoms with Gasteiger partial charge in [-0.1, -0.05) is 24.3 Å². The van der Waals surface area contributed by atoms with Crippen LogP contribution >= 0.6 is 0 Å². The lowest BCUT2D eigenvalue weighted by molar-refractivity contribution is -0.158. The second-order valence-electron chi connectivity index (χ2n) is 5.45. The van der Waals surface area contributed by atoms with Gasteiger partial charge in [0.1, 0.15) is 18.5 Å². The highest BCUT2D eigenvalue weighted by Gasteiger charge is 2.51. The number of Topliss-reactive ketones (excluding diaryl/α,β-unsaturated/α-hetero) is 1. The number of allylic oxidation sites excluding steroid dienone is 2. The molecule has 1 aliphatic heterocycles. The van der Waals surface area contributed by atoms with Crippen molar-refractivity contribution in [2.75, 3.05) is 20.8 Å². The van der Waals surface area contributed by atoms with Crippen LogP contribution in [-0.4, -0.2) is 50.4 Å². The van der Waals surface area contributed by atoms with Gasteiger partial charge in [-0.15, -0.1) is 0 Å². The zero-order chi connectivity index (χ0) is 17.6. The van der Waals surface area contributed by atoms with Crippen molar-refractivity contribution >= 4 is 11.8 Å². The lowest BCUT2D eigenvalue weighted by Crippen LogP contribution is -2.52. The van der Waals surface area contributed by atoms with E-state index in [-0.39, 0.29) is 18.0 Å². The first-order chi connectivity index (χ1) is 10.8. The molecule has 0 bridgehead atoms. The van der Waals surface area contributed by atoms with Gasteiger partial charge in [0.15, 0.2) is 11.4 Å². The fourth-order valence-corrected chi connectivity index (χ4v) is 2.41. The second-order valence-corrected chi connectivity index (χ2v) is 5.45. The van der Waals surface area contributed by atoms with Gasteiger partial charge in [0.25, 0.3) is 0 Å². The van der Waals surface area contributed by atoms with Crippen molar-refractivity contribution in [3.8, 4) is 0 Å². The molecule has 0 aromatic carbocycles. The van der Waals surface area contributed by atoms with Gasteiger partial charge in [-0.25, -0.2) is 0 Å². The van der Waals surface area contributed by atoms with Gasteiger partial charge < -0.3 is 18.9 Å². The van der Waals surface area contributed by atoms with Gasteiger partial charge in [0.2, 0.25) is 0 Å². The molecule has 128 valence electrons. The molecule has 1 saturated heterocycles. The van der Waals surface area contributed by atoms with Crippen molar-refractivity contribution in [2.45, 2.75) is 38.6 Å². The molecule has 0 unspecified atom stereocenters. The third-order valence-electron chi connectivity index (χ3n) is 3.75.